The highest BCUT2D eigenvalue weighted by Crippen LogP contribution is 2.46. The second-order valence-electron chi connectivity index (χ2n) is 14.7. The van der Waals surface area contributed by atoms with E-state index in [1.807, 2.05) is 10.8 Å². The molecule has 5 rings (SSSR count). The average molecular weight is 735 g/mol. The number of hydrogen-bond acceptors (Lipinski definition) is 9. The first-order chi connectivity index (χ1) is 23.9. The van der Waals surface area contributed by atoms with Crippen molar-refractivity contribution in [2.45, 2.75) is 108 Å². The van der Waals surface area contributed by atoms with Crippen molar-refractivity contribution in [2.24, 2.45) is 5.92 Å². The number of carbonyl (C=O) groups is 5. The fourth-order valence-electron chi connectivity index (χ4n) is 6.64. The van der Waals surface area contributed by atoms with Crippen LogP contribution in [0.25, 0.3) is 0 Å². The standard InChI is InChI=1S/C34H47FN6O9S/c1-33(2,3)50-31(45)36-26-15-10-8-6-7-9-13-22-17-34(22,30(44)38-51(47,48)39(4)5)37-28(42)27-16-23(19-41(27)29(26)43)49-32(46)40-18-21-12-11-14-25(35)24(21)20-40/h9,11-14,22-23,26-27H,6-8,10,15-20H2,1-5H3,(H,36,45)(H,37,42)(H,38,44)/b13-9-/t22-,23+,26-,27-,34+/m0/s1. The number of hydrogen-bond donors (Lipinski definition) is 3. The lowest BCUT2D eigenvalue weighted by Crippen LogP contribution is -2.58. The van der Waals surface area contributed by atoms with Gasteiger partial charge in [0, 0.05) is 38.5 Å². The molecule has 3 heterocycles. The first-order valence-corrected chi connectivity index (χ1v) is 18.6. The Hall–Kier alpha value is -4.25. The summed E-state index contributed by atoms with van der Waals surface area (Å²) < 4.78 is 53.7. The Bertz CT molecular complexity index is 1700. The molecular weight excluding hydrogens is 687 g/mol. The number of benzene rings is 1. The van der Waals surface area contributed by atoms with Gasteiger partial charge in [-0.1, -0.05) is 37.1 Å². The summed E-state index contributed by atoms with van der Waals surface area (Å²) in [5, 5.41) is 5.40. The van der Waals surface area contributed by atoms with Gasteiger partial charge in [-0.15, -0.1) is 0 Å². The Morgan fingerprint density at radius 1 is 1.10 bits per heavy atom. The quantitative estimate of drug-likeness (QED) is 0.383. The minimum absolute atomic E-state index is 0.00953. The zero-order valence-electron chi connectivity index (χ0n) is 29.6. The number of alkyl carbamates (subject to hydrolysis) is 1. The van der Waals surface area contributed by atoms with Crippen LogP contribution in [0.2, 0.25) is 0 Å². The van der Waals surface area contributed by atoms with Crippen LogP contribution in [0, 0.1) is 11.7 Å². The number of rotatable bonds is 5. The maximum Gasteiger partial charge on any atom is 0.410 e. The van der Waals surface area contributed by atoms with Gasteiger partial charge in [0.25, 0.3) is 5.91 Å². The molecule has 0 aromatic heterocycles. The molecule has 0 spiro atoms. The summed E-state index contributed by atoms with van der Waals surface area (Å²) >= 11 is 0. The van der Waals surface area contributed by atoms with E-state index >= 15 is 0 Å². The fourth-order valence-corrected chi connectivity index (χ4v) is 7.24. The van der Waals surface area contributed by atoms with E-state index in [0.717, 1.165) is 10.7 Å². The smallest absolute Gasteiger partial charge is 0.410 e. The third-order valence-corrected chi connectivity index (χ3v) is 10.9. The maximum atomic E-state index is 14.4. The van der Waals surface area contributed by atoms with E-state index in [1.165, 1.54) is 30.0 Å². The summed E-state index contributed by atoms with van der Waals surface area (Å²) in [7, 11) is -1.68. The molecule has 280 valence electrons. The van der Waals surface area contributed by atoms with E-state index in [2.05, 4.69) is 10.6 Å². The highest BCUT2D eigenvalue weighted by Gasteiger charge is 2.62. The lowest BCUT2D eigenvalue weighted by atomic mass is 10.0. The largest absolute Gasteiger partial charge is 0.444 e. The van der Waals surface area contributed by atoms with E-state index in [9.17, 15) is 36.8 Å². The fraction of sp³-hybridized carbons (Fsp3) is 0.618. The second-order valence-corrected chi connectivity index (χ2v) is 16.6. The third-order valence-electron chi connectivity index (χ3n) is 9.49. The molecule has 3 aliphatic heterocycles. The van der Waals surface area contributed by atoms with Crippen molar-refractivity contribution in [3.8, 4) is 0 Å². The molecule has 5 amide bonds. The van der Waals surface area contributed by atoms with Crippen LogP contribution in [0.4, 0.5) is 14.0 Å². The van der Waals surface area contributed by atoms with Gasteiger partial charge in [-0.2, -0.15) is 12.7 Å². The van der Waals surface area contributed by atoms with Gasteiger partial charge in [0.15, 0.2) is 0 Å². The maximum absolute atomic E-state index is 14.4. The number of ether oxygens (including phenoxy) is 2. The Morgan fingerprint density at radius 3 is 2.53 bits per heavy atom. The second kappa shape index (κ2) is 14.8. The number of fused-ring (bicyclic) bond motifs is 3. The van der Waals surface area contributed by atoms with E-state index in [1.54, 1.807) is 39.0 Å². The summed E-state index contributed by atoms with van der Waals surface area (Å²) in [4.78, 5) is 70.6. The zero-order chi connectivity index (χ0) is 37.3. The zero-order valence-corrected chi connectivity index (χ0v) is 30.4. The van der Waals surface area contributed by atoms with Crippen molar-refractivity contribution < 1.29 is 46.3 Å². The predicted octanol–water partition coefficient (Wildman–Crippen LogP) is 2.46. The van der Waals surface area contributed by atoms with Gasteiger partial charge in [-0.05, 0) is 58.1 Å². The van der Waals surface area contributed by atoms with Gasteiger partial charge < -0.3 is 25.0 Å². The van der Waals surface area contributed by atoms with Crippen LogP contribution in [0.3, 0.4) is 0 Å². The molecule has 5 atom stereocenters. The lowest BCUT2D eigenvalue weighted by molar-refractivity contribution is -0.141. The van der Waals surface area contributed by atoms with E-state index in [4.69, 9.17) is 9.47 Å². The topological polar surface area (TPSA) is 184 Å². The van der Waals surface area contributed by atoms with Crippen molar-refractivity contribution in [1.82, 2.24) is 29.5 Å². The third kappa shape index (κ3) is 8.80. The van der Waals surface area contributed by atoms with Crippen molar-refractivity contribution in [1.29, 1.82) is 0 Å². The van der Waals surface area contributed by atoms with E-state index in [0.29, 0.717) is 30.4 Å². The molecule has 1 saturated heterocycles. The average Bonchev–Trinajstić information content (AvgIpc) is 3.33. The molecule has 17 heteroatoms. The molecule has 3 N–H and O–H groups in total. The number of halogens is 1. The molecule has 1 aromatic carbocycles. The number of nitrogens with zero attached hydrogens (tertiary/aromatic N) is 3. The lowest BCUT2D eigenvalue weighted by Gasteiger charge is -2.30. The van der Waals surface area contributed by atoms with Crippen LogP contribution < -0.4 is 15.4 Å². The van der Waals surface area contributed by atoms with Crippen LogP contribution in [-0.2, 0) is 47.2 Å². The summed E-state index contributed by atoms with van der Waals surface area (Å²) in [6.07, 6.45) is 4.00. The SMILES string of the molecule is CN(C)S(=O)(=O)NC(=O)[C@@]12C[C@@H]1/C=C\CCCCC[C@H](NC(=O)OC(C)(C)C)C(=O)N1C[C@H](OC(=O)N3Cc4cccc(F)c4C3)C[C@H]1C(=O)N2. The highest BCUT2D eigenvalue weighted by atomic mass is 32.2. The highest BCUT2D eigenvalue weighted by molar-refractivity contribution is 7.87. The van der Waals surface area contributed by atoms with Gasteiger partial charge in [-0.25, -0.2) is 18.7 Å². The molecule has 2 fully saturated rings. The van der Waals surface area contributed by atoms with Crippen LogP contribution in [0.1, 0.15) is 76.8 Å². The summed E-state index contributed by atoms with van der Waals surface area (Å²) in [5.74, 6) is -3.24. The van der Waals surface area contributed by atoms with E-state index in [-0.39, 0.29) is 38.9 Å². The van der Waals surface area contributed by atoms with Crippen LogP contribution >= 0.6 is 0 Å². The molecule has 0 bridgehead atoms. The minimum Gasteiger partial charge on any atom is -0.444 e. The van der Waals surface area contributed by atoms with Crippen molar-refractivity contribution in [2.75, 3.05) is 20.6 Å². The molecule has 1 saturated carbocycles. The van der Waals surface area contributed by atoms with Crippen molar-refractivity contribution in [3.63, 3.8) is 0 Å². The Kier molecular flexibility index (Phi) is 11.0. The molecule has 51 heavy (non-hydrogen) atoms. The van der Waals surface area contributed by atoms with Crippen LogP contribution in [0.15, 0.2) is 30.4 Å². The van der Waals surface area contributed by atoms with Crippen LogP contribution in [-0.4, -0.2) is 102 Å². The number of nitrogens with one attached hydrogen (secondary N) is 3. The molecule has 1 aliphatic carbocycles. The van der Waals surface area contributed by atoms with Gasteiger partial charge in [0.05, 0.1) is 13.1 Å². The molecule has 4 aliphatic rings. The number of carbonyl (C=O) groups excluding carboxylic acids is 5. The predicted molar refractivity (Wildman–Crippen MR) is 181 cm³/mol. The minimum atomic E-state index is -4.20. The molecule has 0 unspecified atom stereocenters. The first-order valence-electron chi connectivity index (χ1n) is 17.2. The summed E-state index contributed by atoms with van der Waals surface area (Å²) in [6, 6.07) is 2.25. The summed E-state index contributed by atoms with van der Waals surface area (Å²) in [5.41, 5.74) is -1.43. The molecule has 0 radical (unpaired) electrons. The normalized spacial score (nSPS) is 27.6. The Balaban J connectivity index is 1.41. The van der Waals surface area contributed by atoms with Gasteiger partial charge >= 0.3 is 22.4 Å². The number of allylic oxidation sites excluding steroid dienone is 1. The number of amides is 5. The molecule has 1 aromatic rings. The monoisotopic (exact) mass is 734 g/mol. The van der Waals surface area contributed by atoms with Crippen molar-refractivity contribution >= 4 is 40.1 Å². The van der Waals surface area contributed by atoms with Gasteiger partial charge in [0.2, 0.25) is 11.8 Å². The Morgan fingerprint density at radius 2 is 1.84 bits per heavy atom. The van der Waals surface area contributed by atoms with Crippen molar-refractivity contribution in [3.05, 3.63) is 47.3 Å². The first kappa shape index (κ1) is 38.0. The summed E-state index contributed by atoms with van der Waals surface area (Å²) in [6.45, 7) is 4.97. The Labute approximate surface area is 297 Å². The van der Waals surface area contributed by atoms with Gasteiger partial charge in [0.1, 0.15) is 35.1 Å². The molecular formula is C34H47FN6O9S. The van der Waals surface area contributed by atoms with Gasteiger partial charge in [-0.3, -0.25) is 19.3 Å². The van der Waals surface area contributed by atoms with Crippen LogP contribution in [0.5, 0.6) is 0 Å². The molecule has 15 nitrogen and oxygen atoms in total. The van der Waals surface area contributed by atoms with E-state index < -0.39 is 81.2 Å².